The fourth-order valence-electron chi connectivity index (χ4n) is 3.43. The van der Waals surface area contributed by atoms with Crippen LogP contribution in [-0.4, -0.2) is 55.8 Å². The summed E-state index contributed by atoms with van der Waals surface area (Å²) < 4.78 is 29.2. The molecule has 0 aromatic rings. The van der Waals surface area contributed by atoms with Crippen molar-refractivity contribution in [2.45, 2.75) is 58.4 Å². The highest BCUT2D eigenvalue weighted by molar-refractivity contribution is 7.86. The molecule has 0 bridgehead atoms. The summed E-state index contributed by atoms with van der Waals surface area (Å²) in [6, 6.07) is 0.150. The van der Waals surface area contributed by atoms with E-state index in [1.165, 1.54) is 0 Å². The van der Waals surface area contributed by atoms with Gasteiger partial charge in [0.05, 0.1) is 0 Å². The molecule has 2 heterocycles. The van der Waals surface area contributed by atoms with Crippen molar-refractivity contribution in [1.82, 2.24) is 13.9 Å². The first-order chi connectivity index (χ1) is 10.1. The van der Waals surface area contributed by atoms with Gasteiger partial charge >= 0.3 is 0 Å². The second-order valence-corrected chi connectivity index (χ2v) is 8.35. The predicted molar refractivity (Wildman–Crippen MR) is 86.4 cm³/mol. The van der Waals surface area contributed by atoms with Gasteiger partial charge in [-0.2, -0.15) is 17.0 Å². The lowest BCUT2D eigenvalue weighted by Crippen LogP contribution is -2.50. The van der Waals surface area contributed by atoms with E-state index in [0.717, 1.165) is 51.6 Å². The van der Waals surface area contributed by atoms with Crippen molar-refractivity contribution in [2.24, 2.45) is 5.92 Å². The molecule has 2 saturated heterocycles. The lowest BCUT2D eigenvalue weighted by molar-refractivity contribution is 0.238. The lowest BCUT2D eigenvalue weighted by atomic mass is 9.98. The normalized spacial score (nSPS) is 27.6. The first kappa shape index (κ1) is 17.2. The average molecular weight is 317 g/mol. The number of piperidine rings is 1. The number of hydrogen-bond donors (Lipinski definition) is 1. The lowest BCUT2D eigenvalue weighted by Gasteiger charge is -2.36. The van der Waals surface area contributed by atoms with Gasteiger partial charge in [0.2, 0.25) is 0 Å². The van der Waals surface area contributed by atoms with E-state index in [4.69, 9.17) is 0 Å². The van der Waals surface area contributed by atoms with E-state index < -0.39 is 10.2 Å². The SMILES string of the molecule is CCNCC1CCN(S(=O)(=O)N2CCCCCC2C)CC1. The maximum absolute atomic E-state index is 12.9. The minimum atomic E-state index is -3.26. The Morgan fingerprint density at radius 1 is 1.05 bits per heavy atom. The second-order valence-electron chi connectivity index (χ2n) is 6.47. The zero-order chi connectivity index (χ0) is 15.3. The van der Waals surface area contributed by atoms with E-state index in [1.54, 1.807) is 8.61 Å². The van der Waals surface area contributed by atoms with Crippen molar-refractivity contribution >= 4 is 10.2 Å². The largest absolute Gasteiger partial charge is 0.317 e. The Morgan fingerprint density at radius 3 is 2.43 bits per heavy atom. The van der Waals surface area contributed by atoms with Crippen LogP contribution in [0.3, 0.4) is 0 Å². The number of hydrogen-bond acceptors (Lipinski definition) is 3. The van der Waals surface area contributed by atoms with Crippen LogP contribution in [0.4, 0.5) is 0 Å². The van der Waals surface area contributed by atoms with Crippen LogP contribution in [0, 0.1) is 5.92 Å². The van der Waals surface area contributed by atoms with Crippen molar-refractivity contribution in [3.05, 3.63) is 0 Å². The first-order valence-electron chi connectivity index (χ1n) is 8.53. The Morgan fingerprint density at radius 2 is 1.76 bits per heavy atom. The molecule has 0 aromatic heterocycles. The molecule has 0 aliphatic carbocycles. The summed E-state index contributed by atoms with van der Waals surface area (Å²) in [5.74, 6) is 0.623. The smallest absolute Gasteiger partial charge is 0.282 e. The molecule has 0 amide bonds. The van der Waals surface area contributed by atoms with E-state index >= 15 is 0 Å². The van der Waals surface area contributed by atoms with E-state index in [1.807, 2.05) is 0 Å². The number of nitrogens with one attached hydrogen (secondary N) is 1. The van der Waals surface area contributed by atoms with Gasteiger partial charge in [0, 0.05) is 25.7 Å². The van der Waals surface area contributed by atoms with Gasteiger partial charge in [0.1, 0.15) is 0 Å². The van der Waals surface area contributed by atoms with Crippen LogP contribution in [0.2, 0.25) is 0 Å². The summed E-state index contributed by atoms with van der Waals surface area (Å²) in [7, 11) is -3.26. The topological polar surface area (TPSA) is 52.7 Å². The molecular formula is C15H31N3O2S. The van der Waals surface area contributed by atoms with Gasteiger partial charge in [0.15, 0.2) is 0 Å². The van der Waals surface area contributed by atoms with Crippen LogP contribution >= 0.6 is 0 Å². The molecule has 21 heavy (non-hydrogen) atoms. The molecule has 124 valence electrons. The van der Waals surface area contributed by atoms with E-state index in [-0.39, 0.29) is 6.04 Å². The number of rotatable bonds is 5. The maximum Gasteiger partial charge on any atom is 0.282 e. The molecule has 0 aromatic carbocycles. The molecular weight excluding hydrogens is 286 g/mol. The number of nitrogens with zero attached hydrogens (tertiary/aromatic N) is 2. The Hall–Kier alpha value is -0.170. The highest BCUT2D eigenvalue weighted by Crippen LogP contribution is 2.25. The minimum Gasteiger partial charge on any atom is -0.317 e. The highest BCUT2D eigenvalue weighted by Gasteiger charge is 2.35. The molecule has 2 fully saturated rings. The van der Waals surface area contributed by atoms with Crippen molar-refractivity contribution in [2.75, 3.05) is 32.7 Å². The zero-order valence-corrected chi connectivity index (χ0v) is 14.4. The molecule has 0 saturated carbocycles. The molecule has 0 spiro atoms. The summed E-state index contributed by atoms with van der Waals surface area (Å²) in [5, 5.41) is 3.37. The maximum atomic E-state index is 12.9. The van der Waals surface area contributed by atoms with Gasteiger partial charge in [-0.05, 0) is 51.6 Å². The molecule has 0 radical (unpaired) electrons. The van der Waals surface area contributed by atoms with Crippen molar-refractivity contribution in [3.8, 4) is 0 Å². The van der Waals surface area contributed by atoms with E-state index in [0.29, 0.717) is 25.6 Å². The van der Waals surface area contributed by atoms with Crippen LogP contribution in [-0.2, 0) is 10.2 Å². The Bertz CT molecular complexity index is 405. The van der Waals surface area contributed by atoms with Gasteiger partial charge in [-0.3, -0.25) is 0 Å². The molecule has 2 rings (SSSR count). The van der Waals surface area contributed by atoms with Crippen LogP contribution in [0.15, 0.2) is 0 Å². The monoisotopic (exact) mass is 317 g/mol. The average Bonchev–Trinajstić information content (AvgIpc) is 2.70. The minimum absolute atomic E-state index is 0.150. The Balaban J connectivity index is 1.94. The van der Waals surface area contributed by atoms with Crippen LogP contribution < -0.4 is 5.32 Å². The Kier molecular flexibility index (Phi) is 6.47. The molecule has 5 nitrogen and oxygen atoms in total. The van der Waals surface area contributed by atoms with Gasteiger partial charge in [0.25, 0.3) is 10.2 Å². The third-order valence-electron chi connectivity index (χ3n) is 4.87. The second kappa shape index (κ2) is 7.90. The summed E-state index contributed by atoms with van der Waals surface area (Å²) in [6.07, 6.45) is 6.26. The molecule has 1 atom stereocenters. The van der Waals surface area contributed by atoms with Crippen molar-refractivity contribution < 1.29 is 8.42 Å². The zero-order valence-electron chi connectivity index (χ0n) is 13.6. The first-order valence-corrected chi connectivity index (χ1v) is 9.93. The Labute approximate surface area is 130 Å². The molecule has 1 N–H and O–H groups in total. The third kappa shape index (κ3) is 4.41. The summed E-state index contributed by atoms with van der Waals surface area (Å²) in [6.45, 7) is 8.24. The molecule has 6 heteroatoms. The highest BCUT2D eigenvalue weighted by atomic mass is 32.2. The fourth-order valence-corrected chi connectivity index (χ4v) is 5.32. The van der Waals surface area contributed by atoms with Gasteiger partial charge < -0.3 is 5.32 Å². The summed E-state index contributed by atoms with van der Waals surface area (Å²) in [4.78, 5) is 0. The predicted octanol–water partition coefficient (Wildman–Crippen LogP) is 1.82. The van der Waals surface area contributed by atoms with Crippen molar-refractivity contribution in [1.29, 1.82) is 0 Å². The standard InChI is InChI=1S/C15H31N3O2S/c1-3-16-13-15-8-11-17(12-9-15)21(19,20)18-10-6-4-5-7-14(18)2/h14-16H,3-13H2,1-2H3. The van der Waals surface area contributed by atoms with Crippen LogP contribution in [0.5, 0.6) is 0 Å². The van der Waals surface area contributed by atoms with E-state index in [9.17, 15) is 8.42 Å². The third-order valence-corrected chi connectivity index (χ3v) is 7.02. The fraction of sp³-hybridized carbons (Fsp3) is 1.00. The van der Waals surface area contributed by atoms with Crippen LogP contribution in [0.1, 0.15) is 52.4 Å². The quantitative estimate of drug-likeness (QED) is 0.841. The summed E-state index contributed by atoms with van der Waals surface area (Å²) in [5.41, 5.74) is 0. The molecule has 1 unspecified atom stereocenters. The molecule has 2 aliphatic rings. The van der Waals surface area contributed by atoms with Gasteiger partial charge in [-0.25, -0.2) is 0 Å². The molecule has 2 aliphatic heterocycles. The van der Waals surface area contributed by atoms with E-state index in [2.05, 4.69) is 19.2 Å². The summed E-state index contributed by atoms with van der Waals surface area (Å²) >= 11 is 0. The van der Waals surface area contributed by atoms with Crippen molar-refractivity contribution in [3.63, 3.8) is 0 Å². The van der Waals surface area contributed by atoms with Gasteiger partial charge in [-0.1, -0.05) is 19.8 Å². The van der Waals surface area contributed by atoms with Gasteiger partial charge in [-0.15, -0.1) is 0 Å². The van der Waals surface area contributed by atoms with Crippen LogP contribution in [0.25, 0.3) is 0 Å².